The molecule has 1 heterocycles. The summed E-state index contributed by atoms with van der Waals surface area (Å²) in [4.78, 5) is 14.4. The number of nitrogens with zero attached hydrogens (tertiary/aromatic N) is 2. The lowest BCUT2D eigenvalue weighted by molar-refractivity contribution is -0.138. The van der Waals surface area contributed by atoms with E-state index >= 15 is 0 Å². The first kappa shape index (κ1) is 11.7. The second-order valence-electron chi connectivity index (χ2n) is 3.47. The van der Waals surface area contributed by atoms with Crippen molar-refractivity contribution < 1.29 is 9.90 Å². The summed E-state index contributed by atoms with van der Waals surface area (Å²) in [5, 5.41) is 8.65. The maximum absolute atomic E-state index is 10.5. The fraction of sp³-hybridized carbons (Fsp3) is 0.750. The average Bonchev–Trinajstić information content (AvgIpc) is 2.07. The second-order valence-corrected chi connectivity index (χ2v) is 5.05. The summed E-state index contributed by atoms with van der Waals surface area (Å²) in [5.74, 6) is -0.115. The predicted molar refractivity (Wildman–Crippen MR) is 61.2 cm³/mol. The molecule has 80 valence electrons. The predicted octanol–water partition coefficient (Wildman–Crippen LogP) is 1.03. The molecule has 1 aliphatic heterocycles. The number of thiocarbonyl (C=S) groups is 1. The Morgan fingerprint density at radius 2 is 2.36 bits per heavy atom. The number of hydrogen-bond acceptors (Lipinski definition) is 4. The maximum atomic E-state index is 10.5. The Hall–Kier alpha value is -0.330. The Morgan fingerprint density at radius 3 is 2.86 bits per heavy atom. The van der Waals surface area contributed by atoms with Crippen molar-refractivity contribution in [2.45, 2.75) is 19.9 Å². The first-order valence-corrected chi connectivity index (χ1v) is 5.77. The first-order valence-electron chi connectivity index (χ1n) is 4.38. The maximum Gasteiger partial charge on any atom is 0.317 e. The number of thioether (sulfide) groups is 1. The molecule has 0 aromatic carbocycles. The van der Waals surface area contributed by atoms with Gasteiger partial charge < -0.3 is 10.0 Å². The van der Waals surface area contributed by atoms with E-state index in [4.69, 9.17) is 17.3 Å². The summed E-state index contributed by atoms with van der Waals surface area (Å²) in [7, 11) is 0. The van der Waals surface area contributed by atoms with Crippen LogP contribution in [0.25, 0.3) is 0 Å². The van der Waals surface area contributed by atoms with E-state index < -0.39 is 5.97 Å². The van der Waals surface area contributed by atoms with E-state index in [1.165, 1.54) is 11.8 Å². The van der Waals surface area contributed by atoms with Crippen molar-refractivity contribution >= 4 is 34.3 Å². The number of carboxylic acid groups (broad SMARTS) is 1. The van der Waals surface area contributed by atoms with Crippen LogP contribution in [0.3, 0.4) is 0 Å². The summed E-state index contributed by atoms with van der Waals surface area (Å²) in [5.41, 5.74) is 0. The molecule has 0 spiro atoms. The van der Waals surface area contributed by atoms with Gasteiger partial charge in [0.2, 0.25) is 0 Å². The molecule has 14 heavy (non-hydrogen) atoms. The topological polar surface area (TPSA) is 43.8 Å². The van der Waals surface area contributed by atoms with Crippen molar-refractivity contribution in [2.24, 2.45) is 0 Å². The van der Waals surface area contributed by atoms with Crippen molar-refractivity contribution in [3.8, 4) is 0 Å². The highest BCUT2D eigenvalue weighted by atomic mass is 32.2. The highest BCUT2D eigenvalue weighted by molar-refractivity contribution is 8.22. The molecule has 1 fully saturated rings. The summed E-state index contributed by atoms with van der Waals surface area (Å²) < 4.78 is 0.863. The largest absolute Gasteiger partial charge is 0.480 e. The Labute approximate surface area is 93.2 Å². The van der Waals surface area contributed by atoms with Gasteiger partial charge in [0, 0.05) is 6.04 Å². The SMILES string of the molecule is CC(C)N1CN(CC(=O)O)CSC1=S. The third-order valence-corrected chi connectivity index (χ3v) is 3.50. The van der Waals surface area contributed by atoms with E-state index in [2.05, 4.69) is 13.8 Å². The number of carboxylic acids is 1. The third-order valence-electron chi connectivity index (χ3n) is 1.94. The van der Waals surface area contributed by atoms with Crippen molar-refractivity contribution in [3.05, 3.63) is 0 Å². The number of hydrogen-bond donors (Lipinski definition) is 1. The molecule has 0 saturated carbocycles. The zero-order valence-electron chi connectivity index (χ0n) is 8.27. The molecule has 0 aromatic rings. The number of carbonyl (C=O) groups is 1. The third kappa shape index (κ3) is 3.11. The highest BCUT2D eigenvalue weighted by Crippen LogP contribution is 2.20. The normalized spacial score (nSPS) is 19.1. The van der Waals surface area contributed by atoms with E-state index in [0.29, 0.717) is 18.6 Å². The summed E-state index contributed by atoms with van der Waals surface area (Å²) >= 11 is 6.71. The molecule has 0 aliphatic carbocycles. The van der Waals surface area contributed by atoms with Gasteiger partial charge in [0.05, 0.1) is 19.1 Å². The van der Waals surface area contributed by atoms with Gasteiger partial charge >= 0.3 is 5.97 Å². The zero-order valence-corrected chi connectivity index (χ0v) is 9.90. The van der Waals surface area contributed by atoms with Gasteiger partial charge in [-0.05, 0) is 13.8 Å². The molecule has 0 unspecified atom stereocenters. The van der Waals surface area contributed by atoms with Crippen LogP contribution in [0.1, 0.15) is 13.8 Å². The fourth-order valence-corrected chi connectivity index (χ4v) is 2.53. The number of aliphatic carboxylic acids is 1. The van der Waals surface area contributed by atoms with Crippen LogP contribution < -0.4 is 0 Å². The van der Waals surface area contributed by atoms with Gasteiger partial charge in [-0.1, -0.05) is 24.0 Å². The summed E-state index contributed by atoms with van der Waals surface area (Å²) in [6.45, 7) is 4.81. The molecule has 1 rings (SSSR count). The first-order chi connectivity index (χ1) is 6.50. The molecule has 0 amide bonds. The van der Waals surface area contributed by atoms with Gasteiger partial charge in [-0.2, -0.15) is 0 Å². The van der Waals surface area contributed by atoms with Crippen molar-refractivity contribution in [3.63, 3.8) is 0 Å². The molecular formula is C8H14N2O2S2. The lowest BCUT2D eigenvalue weighted by Crippen LogP contribution is -2.49. The van der Waals surface area contributed by atoms with Gasteiger partial charge in [-0.3, -0.25) is 9.69 Å². The lowest BCUT2D eigenvalue weighted by Gasteiger charge is -2.38. The van der Waals surface area contributed by atoms with Crippen LogP contribution in [0.5, 0.6) is 0 Å². The molecule has 6 heteroatoms. The van der Waals surface area contributed by atoms with E-state index in [0.717, 1.165) is 4.32 Å². The molecule has 1 aliphatic rings. The minimum absolute atomic E-state index is 0.0822. The van der Waals surface area contributed by atoms with E-state index in [-0.39, 0.29) is 6.54 Å². The zero-order chi connectivity index (χ0) is 10.7. The second kappa shape index (κ2) is 4.95. The van der Waals surface area contributed by atoms with Gasteiger partial charge in [0.25, 0.3) is 0 Å². The molecule has 4 nitrogen and oxygen atoms in total. The van der Waals surface area contributed by atoms with Crippen LogP contribution in [0.4, 0.5) is 0 Å². The number of rotatable bonds is 3. The minimum Gasteiger partial charge on any atom is -0.480 e. The molecule has 1 saturated heterocycles. The highest BCUT2D eigenvalue weighted by Gasteiger charge is 2.24. The molecule has 0 radical (unpaired) electrons. The lowest BCUT2D eigenvalue weighted by atomic mass is 10.3. The molecule has 0 bridgehead atoms. The van der Waals surface area contributed by atoms with Gasteiger partial charge in [0.15, 0.2) is 0 Å². The monoisotopic (exact) mass is 234 g/mol. The molecule has 1 N–H and O–H groups in total. The Kier molecular flexibility index (Phi) is 4.15. The van der Waals surface area contributed by atoms with Gasteiger partial charge in [-0.15, -0.1) is 0 Å². The Bertz CT molecular complexity index is 245. The summed E-state index contributed by atoms with van der Waals surface area (Å²) in [6.07, 6.45) is 0. The molecular weight excluding hydrogens is 220 g/mol. The smallest absolute Gasteiger partial charge is 0.317 e. The van der Waals surface area contributed by atoms with E-state index in [1.54, 1.807) is 0 Å². The molecule has 0 atom stereocenters. The Balaban J connectivity index is 2.53. The molecule has 0 aromatic heterocycles. The van der Waals surface area contributed by atoms with E-state index in [9.17, 15) is 4.79 Å². The van der Waals surface area contributed by atoms with Crippen LogP contribution in [0, 0.1) is 0 Å². The van der Waals surface area contributed by atoms with E-state index in [1.807, 2.05) is 9.80 Å². The van der Waals surface area contributed by atoms with Crippen LogP contribution >= 0.6 is 24.0 Å². The van der Waals surface area contributed by atoms with Gasteiger partial charge in [0.1, 0.15) is 4.32 Å². The quantitative estimate of drug-likeness (QED) is 0.736. The fourth-order valence-electron chi connectivity index (χ4n) is 1.20. The summed E-state index contributed by atoms with van der Waals surface area (Å²) in [6, 6.07) is 0.326. The van der Waals surface area contributed by atoms with Crippen LogP contribution in [0.2, 0.25) is 0 Å². The van der Waals surface area contributed by atoms with Crippen LogP contribution in [0.15, 0.2) is 0 Å². The van der Waals surface area contributed by atoms with Crippen molar-refractivity contribution in [1.82, 2.24) is 9.80 Å². The van der Waals surface area contributed by atoms with Crippen molar-refractivity contribution in [1.29, 1.82) is 0 Å². The van der Waals surface area contributed by atoms with Crippen molar-refractivity contribution in [2.75, 3.05) is 19.1 Å². The Morgan fingerprint density at radius 1 is 1.71 bits per heavy atom. The van der Waals surface area contributed by atoms with Crippen LogP contribution in [-0.4, -0.2) is 50.3 Å². The minimum atomic E-state index is -0.790. The van der Waals surface area contributed by atoms with Crippen LogP contribution in [-0.2, 0) is 4.79 Å². The average molecular weight is 234 g/mol. The standard InChI is InChI=1S/C8H14N2O2S2/c1-6(2)10-4-9(3-7(11)12)5-14-8(10)13/h6H,3-5H2,1-2H3,(H,11,12). The van der Waals surface area contributed by atoms with Gasteiger partial charge in [-0.25, -0.2) is 0 Å².